The van der Waals surface area contributed by atoms with Gasteiger partial charge in [-0.15, -0.1) is 0 Å². The summed E-state index contributed by atoms with van der Waals surface area (Å²) in [6.07, 6.45) is 0.376. The van der Waals surface area contributed by atoms with E-state index in [2.05, 4.69) is 5.32 Å². The second kappa shape index (κ2) is 11.0. The molecular formula is C30H33NO6. The SMILES string of the molecule is CCOC(=O)C1=C(C)NC2=C(C(=O)[C@@H](C(=O)OCC)[C@H](c3ccccc3OC)C2)[C@@H]1c1ccccc1C. The van der Waals surface area contributed by atoms with Crippen molar-refractivity contribution in [3.63, 3.8) is 0 Å². The van der Waals surface area contributed by atoms with Crippen LogP contribution in [0.5, 0.6) is 5.75 Å². The first-order valence-corrected chi connectivity index (χ1v) is 12.6. The standard InChI is InChI=1S/C30H33NO6/c1-6-36-29(33)24-18(4)31-22-16-21(20-14-10-11-15-23(20)35-5)26(30(34)37-7-2)28(32)27(22)25(24)19-13-9-8-12-17(19)3/h8-15,21,25-26,31H,6-7,16H2,1-5H3/t21-,25+,26-/m0/s1. The third kappa shape index (κ3) is 4.78. The molecule has 0 fully saturated rings. The summed E-state index contributed by atoms with van der Waals surface area (Å²) in [7, 11) is 1.57. The summed E-state index contributed by atoms with van der Waals surface area (Å²) in [6, 6.07) is 15.1. The lowest BCUT2D eigenvalue weighted by Gasteiger charge is -2.40. The zero-order chi connectivity index (χ0) is 26.7. The van der Waals surface area contributed by atoms with Crippen molar-refractivity contribution in [1.29, 1.82) is 0 Å². The van der Waals surface area contributed by atoms with E-state index in [1.807, 2.05) is 62.4 Å². The average Bonchev–Trinajstić information content (AvgIpc) is 2.88. The van der Waals surface area contributed by atoms with Crippen LogP contribution in [0, 0.1) is 12.8 Å². The van der Waals surface area contributed by atoms with Crippen molar-refractivity contribution in [2.75, 3.05) is 20.3 Å². The number of para-hydroxylation sites is 1. The van der Waals surface area contributed by atoms with Gasteiger partial charge >= 0.3 is 11.9 Å². The van der Waals surface area contributed by atoms with Crippen LogP contribution < -0.4 is 10.1 Å². The number of rotatable bonds is 7. The number of methoxy groups -OCH3 is 1. The van der Waals surface area contributed by atoms with Crippen molar-refractivity contribution in [1.82, 2.24) is 5.32 Å². The van der Waals surface area contributed by atoms with Crippen LogP contribution in [-0.2, 0) is 23.9 Å². The highest BCUT2D eigenvalue weighted by atomic mass is 16.5. The largest absolute Gasteiger partial charge is 0.496 e. The number of carbonyl (C=O) groups excluding carboxylic acids is 3. The number of dihydropyridines is 1. The summed E-state index contributed by atoms with van der Waals surface area (Å²) in [5, 5.41) is 3.33. The molecule has 3 atom stereocenters. The van der Waals surface area contributed by atoms with Gasteiger partial charge in [0.05, 0.1) is 25.9 Å². The molecule has 1 aliphatic heterocycles. The van der Waals surface area contributed by atoms with Crippen molar-refractivity contribution < 1.29 is 28.6 Å². The third-order valence-corrected chi connectivity index (χ3v) is 7.09. The molecule has 0 radical (unpaired) electrons. The van der Waals surface area contributed by atoms with Crippen molar-refractivity contribution in [3.05, 3.63) is 87.8 Å². The van der Waals surface area contributed by atoms with E-state index in [1.54, 1.807) is 21.0 Å². The maximum absolute atomic E-state index is 14.4. The van der Waals surface area contributed by atoms with Gasteiger partial charge in [-0.3, -0.25) is 9.59 Å². The molecule has 0 aromatic heterocycles. The number of hydrogen-bond donors (Lipinski definition) is 1. The zero-order valence-corrected chi connectivity index (χ0v) is 21.9. The Hall–Kier alpha value is -3.87. The third-order valence-electron chi connectivity index (χ3n) is 7.09. The van der Waals surface area contributed by atoms with E-state index in [9.17, 15) is 14.4 Å². The number of allylic oxidation sites excluding steroid dienone is 3. The molecule has 2 aromatic rings. The van der Waals surface area contributed by atoms with Gasteiger partial charge in [0.2, 0.25) is 0 Å². The topological polar surface area (TPSA) is 90.9 Å². The van der Waals surface area contributed by atoms with Gasteiger partial charge in [0.25, 0.3) is 0 Å². The molecule has 4 rings (SSSR count). The lowest BCUT2D eigenvalue weighted by molar-refractivity contribution is -0.152. The number of hydrogen-bond acceptors (Lipinski definition) is 7. The van der Waals surface area contributed by atoms with Crippen LogP contribution in [0.15, 0.2) is 71.1 Å². The van der Waals surface area contributed by atoms with E-state index in [0.29, 0.717) is 34.7 Å². The van der Waals surface area contributed by atoms with Crippen LogP contribution >= 0.6 is 0 Å². The number of ether oxygens (including phenoxy) is 3. The van der Waals surface area contributed by atoms with Gasteiger partial charge in [-0.1, -0.05) is 42.5 Å². The Morgan fingerprint density at radius 3 is 2.24 bits per heavy atom. The van der Waals surface area contributed by atoms with Crippen LogP contribution in [0.25, 0.3) is 0 Å². The van der Waals surface area contributed by atoms with Crippen LogP contribution in [0.3, 0.4) is 0 Å². The molecule has 1 aliphatic carbocycles. The molecule has 7 nitrogen and oxygen atoms in total. The molecule has 0 saturated heterocycles. The molecule has 1 heterocycles. The molecule has 2 aromatic carbocycles. The summed E-state index contributed by atoms with van der Waals surface area (Å²) in [5.74, 6) is -3.06. The second-order valence-electron chi connectivity index (χ2n) is 9.21. The molecule has 7 heteroatoms. The fourth-order valence-electron chi connectivity index (χ4n) is 5.50. The van der Waals surface area contributed by atoms with Gasteiger partial charge in [0.15, 0.2) is 5.78 Å². The average molecular weight is 504 g/mol. The maximum atomic E-state index is 14.4. The normalized spacial score (nSPS) is 21.2. The summed E-state index contributed by atoms with van der Waals surface area (Å²) < 4.78 is 16.4. The number of Topliss-reactive ketones (excluding diaryl/α,β-unsaturated/α-hetero) is 1. The molecule has 0 unspecified atom stereocenters. The lowest BCUT2D eigenvalue weighted by atomic mass is 9.66. The van der Waals surface area contributed by atoms with Gasteiger partial charge in [-0.2, -0.15) is 0 Å². The van der Waals surface area contributed by atoms with Crippen LogP contribution in [0.2, 0.25) is 0 Å². The molecule has 194 valence electrons. The number of esters is 2. The Bertz CT molecular complexity index is 1290. The quantitative estimate of drug-likeness (QED) is 0.432. The van der Waals surface area contributed by atoms with Crippen molar-refractivity contribution >= 4 is 17.7 Å². The first-order chi connectivity index (χ1) is 17.8. The minimum absolute atomic E-state index is 0.153. The van der Waals surface area contributed by atoms with E-state index in [1.165, 1.54) is 0 Å². The number of nitrogens with one attached hydrogen (secondary N) is 1. The number of aryl methyl sites for hydroxylation is 1. The van der Waals surface area contributed by atoms with E-state index in [-0.39, 0.29) is 19.0 Å². The van der Waals surface area contributed by atoms with E-state index in [0.717, 1.165) is 16.7 Å². The van der Waals surface area contributed by atoms with E-state index < -0.39 is 29.7 Å². The van der Waals surface area contributed by atoms with E-state index in [4.69, 9.17) is 14.2 Å². The monoisotopic (exact) mass is 503 g/mol. The summed E-state index contributed by atoms with van der Waals surface area (Å²) >= 11 is 0. The summed E-state index contributed by atoms with van der Waals surface area (Å²) in [4.78, 5) is 40.9. The Labute approximate surface area is 217 Å². The van der Waals surface area contributed by atoms with Crippen molar-refractivity contribution in [3.8, 4) is 5.75 Å². The molecule has 2 aliphatic rings. The van der Waals surface area contributed by atoms with Crippen LogP contribution in [-0.4, -0.2) is 38.0 Å². The predicted molar refractivity (Wildman–Crippen MR) is 139 cm³/mol. The Morgan fingerprint density at radius 1 is 0.946 bits per heavy atom. The number of carbonyl (C=O) groups is 3. The smallest absolute Gasteiger partial charge is 0.336 e. The van der Waals surface area contributed by atoms with Crippen LogP contribution in [0.1, 0.15) is 55.7 Å². The van der Waals surface area contributed by atoms with Gasteiger partial charge in [-0.25, -0.2) is 4.79 Å². The van der Waals surface area contributed by atoms with Gasteiger partial charge in [-0.05, 0) is 56.9 Å². The van der Waals surface area contributed by atoms with Gasteiger partial charge < -0.3 is 19.5 Å². The fraction of sp³-hybridized carbons (Fsp3) is 0.367. The fourth-order valence-corrected chi connectivity index (χ4v) is 5.50. The van der Waals surface area contributed by atoms with Gasteiger partial charge in [0.1, 0.15) is 11.7 Å². The van der Waals surface area contributed by atoms with Gasteiger partial charge in [0, 0.05) is 28.8 Å². The molecule has 0 saturated carbocycles. The predicted octanol–water partition coefficient (Wildman–Crippen LogP) is 4.72. The highest BCUT2D eigenvalue weighted by molar-refractivity contribution is 6.13. The molecule has 0 spiro atoms. The molecule has 37 heavy (non-hydrogen) atoms. The molecular weight excluding hydrogens is 470 g/mol. The zero-order valence-electron chi connectivity index (χ0n) is 21.9. The highest BCUT2D eigenvalue weighted by Crippen LogP contribution is 2.49. The second-order valence-corrected chi connectivity index (χ2v) is 9.21. The Balaban J connectivity index is 1.94. The first kappa shape index (κ1) is 26.2. The minimum atomic E-state index is -1.08. The molecule has 1 N–H and O–H groups in total. The summed E-state index contributed by atoms with van der Waals surface area (Å²) in [6.45, 7) is 7.59. The van der Waals surface area contributed by atoms with Crippen molar-refractivity contribution in [2.45, 2.75) is 46.0 Å². The highest BCUT2D eigenvalue weighted by Gasteiger charge is 2.49. The molecule has 0 amide bonds. The lowest BCUT2D eigenvalue weighted by Crippen LogP contribution is -2.43. The maximum Gasteiger partial charge on any atom is 0.336 e. The Kier molecular flexibility index (Phi) is 7.81. The minimum Gasteiger partial charge on any atom is -0.496 e. The first-order valence-electron chi connectivity index (χ1n) is 12.6. The van der Waals surface area contributed by atoms with E-state index >= 15 is 0 Å². The number of ketones is 1. The van der Waals surface area contributed by atoms with Crippen molar-refractivity contribution in [2.24, 2.45) is 5.92 Å². The molecule has 0 bridgehead atoms. The van der Waals surface area contributed by atoms with Crippen LogP contribution in [0.4, 0.5) is 0 Å². The number of benzene rings is 2. The summed E-state index contributed by atoms with van der Waals surface area (Å²) in [5.41, 5.74) is 4.63. The Morgan fingerprint density at radius 2 is 1.59 bits per heavy atom.